The first kappa shape index (κ1) is 12.1. The molecule has 3 nitrogen and oxygen atoms in total. The molecule has 0 bridgehead atoms. The van der Waals surface area contributed by atoms with Gasteiger partial charge in [-0.2, -0.15) is 0 Å². The maximum Gasteiger partial charge on any atom is 0.337 e. The summed E-state index contributed by atoms with van der Waals surface area (Å²) >= 11 is 0. The first-order valence-electron chi connectivity index (χ1n) is 6.05. The second-order valence-corrected chi connectivity index (χ2v) is 4.83. The lowest BCUT2D eigenvalue weighted by atomic mass is 10.1. The van der Waals surface area contributed by atoms with Gasteiger partial charge >= 0.3 is 5.97 Å². The van der Waals surface area contributed by atoms with E-state index in [2.05, 4.69) is 16.7 Å². The zero-order valence-corrected chi connectivity index (χ0v) is 10.5. The van der Waals surface area contributed by atoms with Gasteiger partial charge in [0.25, 0.3) is 0 Å². The van der Waals surface area contributed by atoms with E-state index in [1.807, 2.05) is 24.3 Å². The van der Waals surface area contributed by atoms with Crippen LogP contribution >= 0.6 is 0 Å². The van der Waals surface area contributed by atoms with Crippen molar-refractivity contribution < 1.29 is 9.53 Å². The van der Waals surface area contributed by atoms with E-state index in [1.165, 1.54) is 32.1 Å². The molecule has 0 N–H and O–H groups in total. The van der Waals surface area contributed by atoms with E-state index in [0.29, 0.717) is 5.56 Å². The Morgan fingerprint density at radius 1 is 1.35 bits per heavy atom. The number of carbonyl (C=O) groups excluding carboxylic acids is 1. The molecule has 0 unspecified atom stereocenters. The average Bonchev–Trinajstić information content (AvgIpc) is 3.12. The highest BCUT2D eigenvalue weighted by Crippen LogP contribution is 2.29. The number of esters is 1. The molecular weight excluding hydrogens is 214 g/mol. The highest BCUT2D eigenvalue weighted by atomic mass is 16.5. The predicted octanol–water partition coefficient (Wildman–Crippen LogP) is 2.32. The van der Waals surface area contributed by atoms with Gasteiger partial charge in [-0.1, -0.05) is 12.1 Å². The summed E-state index contributed by atoms with van der Waals surface area (Å²) in [5.41, 5.74) is 1.85. The van der Waals surface area contributed by atoms with Crippen molar-refractivity contribution in [2.75, 3.05) is 20.7 Å². The third kappa shape index (κ3) is 3.56. The van der Waals surface area contributed by atoms with Gasteiger partial charge in [-0.15, -0.1) is 0 Å². The van der Waals surface area contributed by atoms with E-state index in [9.17, 15) is 4.79 Å². The van der Waals surface area contributed by atoms with Crippen LogP contribution in [0.25, 0.3) is 0 Å². The number of methoxy groups -OCH3 is 1. The van der Waals surface area contributed by atoms with Crippen molar-refractivity contribution in [1.29, 1.82) is 0 Å². The molecule has 1 fully saturated rings. The fraction of sp³-hybridized carbons (Fsp3) is 0.500. The van der Waals surface area contributed by atoms with E-state index in [1.54, 1.807) is 0 Å². The molecule has 0 heterocycles. The maximum atomic E-state index is 11.3. The van der Waals surface area contributed by atoms with Crippen LogP contribution < -0.4 is 0 Å². The number of benzene rings is 1. The molecule has 2 rings (SSSR count). The van der Waals surface area contributed by atoms with Gasteiger partial charge in [-0.3, -0.25) is 0 Å². The van der Waals surface area contributed by atoms with Crippen molar-refractivity contribution >= 4 is 5.97 Å². The molecule has 3 heteroatoms. The van der Waals surface area contributed by atoms with Gasteiger partial charge in [-0.25, -0.2) is 4.79 Å². The summed E-state index contributed by atoms with van der Waals surface area (Å²) in [6, 6.07) is 7.64. The third-order valence-corrected chi connectivity index (χ3v) is 3.09. The van der Waals surface area contributed by atoms with Gasteiger partial charge in [0.1, 0.15) is 0 Å². The number of hydrogen-bond acceptors (Lipinski definition) is 3. The van der Waals surface area contributed by atoms with Crippen LogP contribution in [0.2, 0.25) is 0 Å². The quantitative estimate of drug-likeness (QED) is 0.731. The van der Waals surface area contributed by atoms with Gasteiger partial charge in [-0.05, 0) is 43.5 Å². The van der Waals surface area contributed by atoms with Gasteiger partial charge in [0, 0.05) is 13.1 Å². The second kappa shape index (κ2) is 5.32. The molecule has 1 aromatic rings. The van der Waals surface area contributed by atoms with Gasteiger partial charge in [0.15, 0.2) is 0 Å². The van der Waals surface area contributed by atoms with E-state index in [0.717, 1.165) is 12.5 Å². The zero-order chi connectivity index (χ0) is 12.3. The van der Waals surface area contributed by atoms with Crippen LogP contribution in [-0.2, 0) is 11.3 Å². The monoisotopic (exact) mass is 233 g/mol. The van der Waals surface area contributed by atoms with Crippen LogP contribution in [0.3, 0.4) is 0 Å². The van der Waals surface area contributed by atoms with E-state index < -0.39 is 0 Å². The van der Waals surface area contributed by atoms with Gasteiger partial charge in [0.05, 0.1) is 12.7 Å². The Morgan fingerprint density at radius 3 is 2.53 bits per heavy atom. The highest BCUT2D eigenvalue weighted by Gasteiger charge is 2.22. The molecule has 0 aliphatic heterocycles. The largest absolute Gasteiger partial charge is 0.465 e. The normalized spacial score (nSPS) is 15.0. The highest BCUT2D eigenvalue weighted by molar-refractivity contribution is 5.89. The van der Waals surface area contributed by atoms with Gasteiger partial charge < -0.3 is 9.64 Å². The Balaban J connectivity index is 1.90. The van der Waals surface area contributed by atoms with Crippen molar-refractivity contribution in [3.63, 3.8) is 0 Å². The van der Waals surface area contributed by atoms with Crippen LogP contribution in [0.15, 0.2) is 24.3 Å². The second-order valence-electron chi connectivity index (χ2n) is 4.83. The Hall–Kier alpha value is -1.35. The number of hydrogen-bond donors (Lipinski definition) is 0. The van der Waals surface area contributed by atoms with Gasteiger partial charge in [0.2, 0.25) is 0 Å². The SMILES string of the molecule is COC(=O)c1ccc(CN(C)CC2CC2)cc1. The van der Waals surface area contributed by atoms with Crippen LogP contribution in [-0.4, -0.2) is 31.6 Å². The summed E-state index contributed by atoms with van der Waals surface area (Å²) < 4.78 is 4.67. The van der Waals surface area contributed by atoms with Crippen molar-refractivity contribution in [1.82, 2.24) is 4.90 Å². The van der Waals surface area contributed by atoms with Crippen LogP contribution in [0, 0.1) is 5.92 Å². The summed E-state index contributed by atoms with van der Waals surface area (Å²) in [5, 5.41) is 0. The molecule has 1 aromatic carbocycles. The molecule has 0 atom stereocenters. The fourth-order valence-electron chi connectivity index (χ4n) is 1.98. The average molecular weight is 233 g/mol. The summed E-state index contributed by atoms with van der Waals surface area (Å²) in [6.07, 6.45) is 2.76. The third-order valence-electron chi connectivity index (χ3n) is 3.09. The Labute approximate surface area is 102 Å². The molecule has 1 saturated carbocycles. The fourth-order valence-corrected chi connectivity index (χ4v) is 1.98. The lowest BCUT2D eigenvalue weighted by molar-refractivity contribution is 0.0600. The molecule has 92 valence electrons. The lowest BCUT2D eigenvalue weighted by Gasteiger charge is -2.16. The first-order valence-corrected chi connectivity index (χ1v) is 6.05. The van der Waals surface area contributed by atoms with Crippen LogP contribution in [0.4, 0.5) is 0 Å². The molecule has 1 aliphatic carbocycles. The molecule has 0 radical (unpaired) electrons. The molecular formula is C14H19NO2. The van der Waals surface area contributed by atoms with Crippen LogP contribution in [0.1, 0.15) is 28.8 Å². The van der Waals surface area contributed by atoms with E-state index in [-0.39, 0.29) is 5.97 Å². The molecule has 1 aliphatic rings. The maximum absolute atomic E-state index is 11.3. The molecule has 0 spiro atoms. The minimum absolute atomic E-state index is 0.275. The van der Waals surface area contributed by atoms with E-state index >= 15 is 0 Å². The number of rotatable bonds is 5. The molecule has 0 aromatic heterocycles. The smallest absolute Gasteiger partial charge is 0.337 e. The standard InChI is InChI=1S/C14H19NO2/c1-15(9-11-3-4-11)10-12-5-7-13(8-6-12)14(16)17-2/h5-8,11H,3-4,9-10H2,1-2H3. The van der Waals surface area contributed by atoms with Crippen molar-refractivity contribution in [2.24, 2.45) is 5.92 Å². The Kier molecular flexibility index (Phi) is 3.79. The first-order chi connectivity index (χ1) is 8.19. The van der Waals surface area contributed by atoms with Crippen molar-refractivity contribution in [2.45, 2.75) is 19.4 Å². The van der Waals surface area contributed by atoms with Crippen molar-refractivity contribution in [3.05, 3.63) is 35.4 Å². The molecule has 0 saturated heterocycles. The van der Waals surface area contributed by atoms with Crippen LogP contribution in [0.5, 0.6) is 0 Å². The lowest BCUT2D eigenvalue weighted by Crippen LogP contribution is -2.20. The minimum Gasteiger partial charge on any atom is -0.465 e. The zero-order valence-electron chi connectivity index (χ0n) is 10.5. The summed E-state index contributed by atoms with van der Waals surface area (Å²) in [6.45, 7) is 2.12. The minimum atomic E-state index is -0.275. The van der Waals surface area contributed by atoms with E-state index in [4.69, 9.17) is 0 Å². The predicted molar refractivity (Wildman–Crippen MR) is 66.8 cm³/mol. The summed E-state index contributed by atoms with van der Waals surface area (Å²) in [4.78, 5) is 13.6. The Morgan fingerprint density at radius 2 is 2.00 bits per heavy atom. The molecule has 17 heavy (non-hydrogen) atoms. The summed E-state index contributed by atoms with van der Waals surface area (Å²) in [5.74, 6) is 0.636. The number of carbonyl (C=O) groups is 1. The summed E-state index contributed by atoms with van der Waals surface area (Å²) in [7, 11) is 3.55. The topological polar surface area (TPSA) is 29.5 Å². The van der Waals surface area contributed by atoms with Crippen molar-refractivity contribution in [3.8, 4) is 0 Å². The molecule has 0 amide bonds. The number of ether oxygens (including phenoxy) is 1. The Bertz CT molecular complexity index is 382. The number of nitrogens with zero attached hydrogens (tertiary/aromatic N) is 1.